The Kier molecular flexibility index (Phi) is 4.12. The van der Waals surface area contributed by atoms with Crippen LogP contribution in [0.3, 0.4) is 0 Å². The second-order valence-corrected chi connectivity index (χ2v) is 2.51. The van der Waals surface area contributed by atoms with E-state index in [1.54, 1.807) is 0 Å². The molecule has 0 aliphatic heterocycles. The molecule has 0 saturated carbocycles. The van der Waals surface area contributed by atoms with Crippen LogP contribution in [0.4, 0.5) is 0 Å². The molecule has 0 aliphatic rings. The summed E-state index contributed by atoms with van der Waals surface area (Å²) in [4.78, 5) is 0. The predicted octanol–water partition coefficient (Wildman–Crippen LogP) is 2.98. The Bertz CT molecular complexity index is 105. The van der Waals surface area contributed by atoms with Crippen LogP contribution in [-0.2, 0) is 0 Å². The molecule has 0 heteroatoms. The summed E-state index contributed by atoms with van der Waals surface area (Å²) in [7, 11) is 0. The molecular weight excluding hydrogens is 108 g/mol. The van der Waals surface area contributed by atoms with E-state index in [9.17, 15) is 0 Å². The molecule has 0 amide bonds. The standard InChI is InChI=1S/C9H15/c1-5-6-9(4)7-8(2)3/h5,7,9H,1-2,6H2,3-4H3. The largest absolute Gasteiger partial charge is 0.103 e. The topological polar surface area (TPSA) is 0 Å². The zero-order valence-corrected chi connectivity index (χ0v) is 6.35. The Balaban J connectivity index is 3.61. The molecule has 1 atom stereocenters. The van der Waals surface area contributed by atoms with E-state index < -0.39 is 0 Å². The first-order valence-electron chi connectivity index (χ1n) is 3.28. The monoisotopic (exact) mass is 123 g/mol. The Labute approximate surface area is 58.3 Å². The van der Waals surface area contributed by atoms with Gasteiger partial charge in [0.15, 0.2) is 0 Å². The van der Waals surface area contributed by atoms with Gasteiger partial charge in [0.2, 0.25) is 0 Å². The molecule has 0 fully saturated rings. The van der Waals surface area contributed by atoms with Gasteiger partial charge in [-0.25, -0.2) is 0 Å². The highest BCUT2D eigenvalue weighted by Gasteiger charge is 1.91. The summed E-state index contributed by atoms with van der Waals surface area (Å²) >= 11 is 0. The van der Waals surface area contributed by atoms with Crippen molar-refractivity contribution in [1.82, 2.24) is 0 Å². The van der Waals surface area contributed by atoms with Crippen LogP contribution in [0.2, 0.25) is 0 Å². The van der Waals surface area contributed by atoms with Crippen molar-refractivity contribution in [3.8, 4) is 0 Å². The highest BCUT2D eigenvalue weighted by atomic mass is 14.0. The Morgan fingerprint density at radius 3 is 2.56 bits per heavy atom. The van der Waals surface area contributed by atoms with Crippen molar-refractivity contribution in [2.24, 2.45) is 5.92 Å². The van der Waals surface area contributed by atoms with Gasteiger partial charge in [-0.3, -0.25) is 0 Å². The van der Waals surface area contributed by atoms with Gasteiger partial charge in [-0.15, -0.1) is 6.58 Å². The molecule has 0 bridgehead atoms. The van der Waals surface area contributed by atoms with E-state index in [2.05, 4.69) is 26.5 Å². The lowest BCUT2D eigenvalue weighted by atomic mass is 10.1. The fraction of sp³-hybridized carbons (Fsp3) is 0.444. The maximum absolute atomic E-state index is 3.79. The first-order chi connectivity index (χ1) is 4.16. The highest BCUT2D eigenvalue weighted by Crippen LogP contribution is 2.06. The molecule has 0 saturated heterocycles. The van der Waals surface area contributed by atoms with E-state index in [-0.39, 0.29) is 0 Å². The summed E-state index contributed by atoms with van der Waals surface area (Å²) in [5.41, 5.74) is 1.14. The number of hydrogen-bond donors (Lipinski definition) is 0. The van der Waals surface area contributed by atoms with Gasteiger partial charge in [0, 0.05) is 0 Å². The summed E-state index contributed by atoms with van der Waals surface area (Å²) in [5, 5.41) is 0. The molecule has 9 heavy (non-hydrogen) atoms. The molecule has 0 aliphatic carbocycles. The summed E-state index contributed by atoms with van der Waals surface area (Å²) in [6.45, 7) is 11.6. The minimum absolute atomic E-state index is 0.597. The van der Waals surface area contributed by atoms with Crippen molar-refractivity contribution in [2.75, 3.05) is 0 Å². The van der Waals surface area contributed by atoms with Crippen LogP contribution in [0.15, 0.2) is 24.3 Å². The molecule has 0 aromatic heterocycles. The molecule has 51 valence electrons. The maximum atomic E-state index is 3.79. The molecule has 0 aromatic carbocycles. The van der Waals surface area contributed by atoms with Gasteiger partial charge in [0.05, 0.1) is 0 Å². The minimum atomic E-state index is 0.597. The van der Waals surface area contributed by atoms with Crippen molar-refractivity contribution < 1.29 is 0 Å². The SMILES string of the molecule is [CH2]C(C)=CC(C)CC=C. The summed E-state index contributed by atoms with van der Waals surface area (Å²) < 4.78 is 0. The third-order valence-electron chi connectivity index (χ3n) is 1.11. The molecule has 0 nitrogen and oxygen atoms in total. The van der Waals surface area contributed by atoms with Crippen molar-refractivity contribution in [1.29, 1.82) is 0 Å². The van der Waals surface area contributed by atoms with Crippen LogP contribution in [0, 0.1) is 12.8 Å². The molecular formula is C9H15. The van der Waals surface area contributed by atoms with Crippen LogP contribution in [-0.4, -0.2) is 0 Å². The van der Waals surface area contributed by atoms with E-state index >= 15 is 0 Å². The second-order valence-electron chi connectivity index (χ2n) is 2.51. The van der Waals surface area contributed by atoms with Gasteiger partial charge < -0.3 is 0 Å². The average molecular weight is 123 g/mol. The molecule has 0 rings (SSSR count). The second kappa shape index (κ2) is 4.37. The molecule has 1 unspecified atom stereocenters. The van der Waals surface area contributed by atoms with E-state index in [0.29, 0.717) is 5.92 Å². The average Bonchev–Trinajstić information content (AvgIpc) is 1.63. The van der Waals surface area contributed by atoms with Gasteiger partial charge >= 0.3 is 0 Å². The lowest BCUT2D eigenvalue weighted by Gasteiger charge is -2.00. The van der Waals surface area contributed by atoms with E-state index in [4.69, 9.17) is 0 Å². The quantitative estimate of drug-likeness (QED) is 0.506. The molecule has 0 heterocycles. The summed E-state index contributed by atoms with van der Waals surface area (Å²) in [6, 6.07) is 0. The van der Waals surface area contributed by atoms with Crippen LogP contribution < -0.4 is 0 Å². The number of hydrogen-bond acceptors (Lipinski definition) is 0. The third-order valence-corrected chi connectivity index (χ3v) is 1.11. The Morgan fingerprint density at radius 1 is 1.67 bits per heavy atom. The van der Waals surface area contributed by atoms with Crippen molar-refractivity contribution in [2.45, 2.75) is 20.3 Å². The summed E-state index contributed by atoms with van der Waals surface area (Å²) in [6.07, 6.45) is 5.14. The van der Waals surface area contributed by atoms with Gasteiger partial charge in [-0.1, -0.05) is 24.6 Å². The first-order valence-corrected chi connectivity index (χ1v) is 3.28. The molecule has 0 N–H and O–H groups in total. The molecule has 0 aromatic rings. The fourth-order valence-corrected chi connectivity index (χ4v) is 0.817. The zero-order chi connectivity index (χ0) is 7.28. The van der Waals surface area contributed by atoms with Crippen LogP contribution in [0.25, 0.3) is 0 Å². The Morgan fingerprint density at radius 2 is 2.22 bits per heavy atom. The minimum Gasteiger partial charge on any atom is -0.103 e. The van der Waals surface area contributed by atoms with Crippen LogP contribution in [0.5, 0.6) is 0 Å². The van der Waals surface area contributed by atoms with Gasteiger partial charge in [-0.2, -0.15) is 0 Å². The van der Waals surface area contributed by atoms with Gasteiger partial charge in [0.25, 0.3) is 0 Å². The van der Waals surface area contributed by atoms with Gasteiger partial charge in [-0.05, 0) is 26.2 Å². The Hall–Kier alpha value is -0.520. The zero-order valence-electron chi connectivity index (χ0n) is 6.35. The smallest absolute Gasteiger partial charge is 0.0225 e. The van der Waals surface area contributed by atoms with Gasteiger partial charge in [0.1, 0.15) is 0 Å². The highest BCUT2D eigenvalue weighted by molar-refractivity contribution is 5.03. The van der Waals surface area contributed by atoms with Crippen molar-refractivity contribution in [3.63, 3.8) is 0 Å². The van der Waals surface area contributed by atoms with E-state index in [0.717, 1.165) is 12.0 Å². The number of rotatable bonds is 3. The first kappa shape index (κ1) is 8.48. The fourth-order valence-electron chi connectivity index (χ4n) is 0.817. The predicted molar refractivity (Wildman–Crippen MR) is 43.1 cm³/mol. The normalized spacial score (nSPS) is 15.2. The van der Waals surface area contributed by atoms with Crippen LogP contribution in [0.1, 0.15) is 20.3 Å². The summed E-state index contributed by atoms with van der Waals surface area (Å²) in [5.74, 6) is 0.597. The maximum Gasteiger partial charge on any atom is -0.0225 e. The van der Waals surface area contributed by atoms with E-state index in [1.807, 2.05) is 13.0 Å². The molecule has 0 spiro atoms. The number of allylic oxidation sites excluding steroid dienone is 3. The van der Waals surface area contributed by atoms with Crippen molar-refractivity contribution in [3.05, 3.63) is 31.2 Å². The lowest BCUT2D eigenvalue weighted by Crippen LogP contribution is -1.86. The van der Waals surface area contributed by atoms with Crippen LogP contribution >= 0.6 is 0 Å². The molecule has 1 radical (unpaired) electrons. The third kappa shape index (κ3) is 5.35. The van der Waals surface area contributed by atoms with E-state index in [1.165, 1.54) is 0 Å². The van der Waals surface area contributed by atoms with Crippen molar-refractivity contribution >= 4 is 0 Å². The lowest BCUT2D eigenvalue weighted by molar-refractivity contribution is 0.741.